The van der Waals surface area contributed by atoms with Crippen molar-refractivity contribution in [1.29, 1.82) is 0 Å². The van der Waals surface area contributed by atoms with Crippen molar-refractivity contribution in [3.8, 4) is 0 Å². The number of aliphatic hydroxyl groups excluding tert-OH is 1. The number of aliphatic hydroxyl groups is 1. The van der Waals surface area contributed by atoms with Crippen LogP contribution in [0.4, 0.5) is 15.4 Å². The fraction of sp³-hybridized carbons (Fsp3) is 0.600. The highest BCUT2D eigenvalue weighted by Crippen LogP contribution is 2.38. The van der Waals surface area contributed by atoms with Crippen LogP contribution in [0.1, 0.15) is 48.5 Å². The summed E-state index contributed by atoms with van der Waals surface area (Å²) in [5.74, 6) is -0.182. The van der Waals surface area contributed by atoms with Gasteiger partial charge in [-0.05, 0) is 48.5 Å². The zero-order chi connectivity index (χ0) is 24.1. The van der Waals surface area contributed by atoms with Crippen molar-refractivity contribution in [2.75, 3.05) is 11.5 Å². The molecule has 0 aromatic carbocycles. The molecule has 1 aliphatic rings. The molecule has 2 N–H and O–H groups in total. The summed E-state index contributed by atoms with van der Waals surface area (Å²) in [4.78, 5) is 33.7. The van der Waals surface area contributed by atoms with E-state index in [1.54, 1.807) is 31.5 Å². The standard InChI is InChI=1S/C20H29BN4O7/c1-18(2,3)30-17(29)25(16(27)28)15-13-12(21-31-19(4,5)20(6,7)32-21)10-24(8-9-26)14(13)22-11-23-15/h10-11,26H,8-9H2,1-7H3,(H,27,28). The summed E-state index contributed by atoms with van der Waals surface area (Å²) in [6.07, 6.45) is 0.157. The normalized spacial score (nSPS) is 17.6. The minimum Gasteiger partial charge on any atom is -0.464 e. The number of anilines is 1. The van der Waals surface area contributed by atoms with Crippen molar-refractivity contribution in [3.63, 3.8) is 0 Å². The van der Waals surface area contributed by atoms with Crippen molar-refractivity contribution in [2.24, 2.45) is 0 Å². The maximum atomic E-state index is 12.8. The van der Waals surface area contributed by atoms with Gasteiger partial charge in [-0.25, -0.2) is 19.6 Å². The van der Waals surface area contributed by atoms with E-state index in [2.05, 4.69) is 9.97 Å². The average molecular weight is 448 g/mol. The Balaban J connectivity index is 2.22. The van der Waals surface area contributed by atoms with E-state index in [9.17, 15) is 19.8 Å². The van der Waals surface area contributed by atoms with Gasteiger partial charge < -0.3 is 28.8 Å². The number of carboxylic acid groups (broad SMARTS) is 1. The molecule has 174 valence electrons. The molecule has 1 aliphatic heterocycles. The predicted molar refractivity (Wildman–Crippen MR) is 117 cm³/mol. The number of nitrogens with zero attached hydrogens (tertiary/aromatic N) is 4. The van der Waals surface area contributed by atoms with Crippen LogP contribution in [-0.4, -0.2) is 67.5 Å². The molecule has 11 nitrogen and oxygen atoms in total. The van der Waals surface area contributed by atoms with E-state index in [-0.39, 0.29) is 24.4 Å². The van der Waals surface area contributed by atoms with Crippen LogP contribution in [-0.2, 0) is 20.6 Å². The molecular weight excluding hydrogens is 419 g/mol. The van der Waals surface area contributed by atoms with Gasteiger partial charge in [0.05, 0.1) is 23.2 Å². The van der Waals surface area contributed by atoms with Crippen LogP contribution >= 0.6 is 0 Å². The second-order valence-corrected chi connectivity index (χ2v) is 9.58. The molecule has 32 heavy (non-hydrogen) atoms. The minimum absolute atomic E-state index is 0.180. The molecule has 0 atom stereocenters. The SMILES string of the molecule is CC(C)(C)OC(=O)N(C(=O)O)c1ncnc2c1c(B1OC(C)(C)C(C)(C)O1)cn2CCO. The van der Waals surface area contributed by atoms with E-state index in [0.717, 1.165) is 6.33 Å². The second kappa shape index (κ2) is 8.02. The highest BCUT2D eigenvalue weighted by Gasteiger charge is 2.53. The third-order valence-corrected chi connectivity index (χ3v) is 5.49. The molecule has 1 fully saturated rings. The summed E-state index contributed by atoms with van der Waals surface area (Å²) in [5.41, 5.74) is -1.47. The van der Waals surface area contributed by atoms with Crippen LogP contribution in [0.15, 0.2) is 12.5 Å². The van der Waals surface area contributed by atoms with Gasteiger partial charge >= 0.3 is 19.3 Å². The number of carbonyl (C=O) groups is 2. The van der Waals surface area contributed by atoms with Crippen LogP contribution in [0.25, 0.3) is 11.0 Å². The number of fused-ring (bicyclic) bond motifs is 1. The smallest absolute Gasteiger partial charge is 0.464 e. The molecule has 0 aliphatic carbocycles. The largest absolute Gasteiger partial charge is 0.497 e. The first kappa shape index (κ1) is 24.0. The van der Waals surface area contributed by atoms with Crippen molar-refractivity contribution in [2.45, 2.75) is 71.8 Å². The third kappa shape index (κ3) is 4.30. The van der Waals surface area contributed by atoms with Gasteiger partial charge in [-0.15, -0.1) is 0 Å². The van der Waals surface area contributed by atoms with E-state index >= 15 is 0 Å². The molecule has 0 spiro atoms. The van der Waals surface area contributed by atoms with Crippen LogP contribution in [0.2, 0.25) is 0 Å². The Kier molecular flexibility index (Phi) is 6.00. The number of aromatic nitrogens is 3. The highest BCUT2D eigenvalue weighted by atomic mass is 16.7. The van der Waals surface area contributed by atoms with E-state index in [0.29, 0.717) is 16.0 Å². The van der Waals surface area contributed by atoms with Crippen molar-refractivity contribution >= 4 is 41.6 Å². The van der Waals surface area contributed by atoms with Crippen LogP contribution < -0.4 is 10.4 Å². The first-order valence-corrected chi connectivity index (χ1v) is 10.2. The molecule has 0 bridgehead atoms. The lowest BCUT2D eigenvalue weighted by molar-refractivity contribution is 0.00578. The third-order valence-electron chi connectivity index (χ3n) is 5.49. The fourth-order valence-electron chi connectivity index (χ4n) is 3.30. The molecule has 2 aromatic rings. The van der Waals surface area contributed by atoms with E-state index in [1.165, 1.54) is 0 Å². The second-order valence-electron chi connectivity index (χ2n) is 9.58. The van der Waals surface area contributed by atoms with Crippen molar-refractivity contribution in [3.05, 3.63) is 12.5 Å². The van der Waals surface area contributed by atoms with E-state index < -0.39 is 36.1 Å². The number of imide groups is 1. The minimum atomic E-state index is -1.56. The monoisotopic (exact) mass is 448 g/mol. The summed E-state index contributed by atoms with van der Waals surface area (Å²) in [6, 6.07) is 0. The summed E-state index contributed by atoms with van der Waals surface area (Å²) in [7, 11) is -0.874. The molecule has 3 heterocycles. The first-order valence-electron chi connectivity index (χ1n) is 10.2. The Bertz CT molecular complexity index is 1030. The molecule has 3 rings (SSSR count). The molecule has 2 aromatic heterocycles. The summed E-state index contributed by atoms with van der Waals surface area (Å²) >= 11 is 0. The van der Waals surface area contributed by atoms with E-state index in [4.69, 9.17) is 14.0 Å². The molecule has 2 amide bonds. The van der Waals surface area contributed by atoms with Gasteiger partial charge in [-0.2, -0.15) is 4.90 Å². The van der Waals surface area contributed by atoms with E-state index in [1.807, 2.05) is 27.7 Å². The molecule has 12 heteroatoms. The number of hydrogen-bond donors (Lipinski definition) is 2. The highest BCUT2D eigenvalue weighted by molar-refractivity contribution is 6.65. The first-order chi connectivity index (χ1) is 14.7. The fourth-order valence-corrected chi connectivity index (χ4v) is 3.30. The number of ether oxygens (including phenoxy) is 1. The average Bonchev–Trinajstić information content (AvgIpc) is 3.08. The van der Waals surface area contributed by atoms with Gasteiger partial charge in [0.2, 0.25) is 0 Å². The topological polar surface area (TPSA) is 136 Å². The van der Waals surface area contributed by atoms with Crippen molar-refractivity contribution < 1.29 is 33.8 Å². The lowest BCUT2D eigenvalue weighted by Gasteiger charge is -2.32. The molecule has 0 saturated carbocycles. The maximum absolute atomic E-state index is 12.8. The Morgan fingerprint density at radius 3 is 2.28 bits per heavy atom. The number of hydrogen-bond acceptors (Lipinski definition) is 8. The number of carbonyl (C=O) groups excluding carboxylic acids is 1. The van der Waals surface area contributed by atoms with Crippen LogP contribution in [0.5, 0.6) is 0 Å². The zero-order valence-electron chi connectivity index (χ0n) is 19.4. The Morgan fingerprint density at radius 1 is 1.19 bits per heavy atom. The van der Waals surface area contributed by atoms with Crippen LogP contribution in [0.3, 0.4) is 0 Å². The van der Waals surface area contributed by atoms with Gasteiger partial charge in [0.15, 0.2) is 5.82 Å². The van der Waals surface area contributed by atoms with Crippen molar-refractivity contribution in [1.82, 2.24) is 14.5 Å². The lowest BCUT2D eigenvalue weighted by atomic mass is 9.79. The van der Waals surface area contributed by atoms with Crippen LogP contribution in [0, 0.1) is 0 Å². The lowest BCUT2D eigenvalue weighted by Crippen LogP contribution is -2.42. The zero-order valence-corrected chi connectivity index (χ0v) is 19.4. The predicted octanol–water partition coefficient (Wildman–Crippen LogP) is 2.14. The van der Waals surface area contributed by atoms with Gasteiger partial charge in [-0.3, -0.25) is 0 Å². The summed E-state index contributed by atoms with van der Waals surface area (Å²) < 4.78 is 19.2. The quantitative estimate of drug-likeness (QED) is 0.674. The summed E-state index contributed by atoms with van der Waals surface area (Å²) in [6.45, 7) is 12.5. The molecule has 0 radical (unpaired) electrons. The Morgan fingerprint density at radius 2 is 1.78 bits per heavy atom. The molecule has 0 unspecified atom stereocenters. The molecular formula is C20H29BN4O7. The molecule has 1 saturated heterocycles. The van der Waals surface area contributed by atoms with Gasteiger partial charge in [0, 0.05) is 18.2 Å². The van der Waals surface area contributed by atoms with Gasteiger partial charge in [-0.1, -0.05) is 0 Å². The van der Waals surface area contributed by atoms with Gasteiger partial charge in [0.1, 0.15) is 17.6 Å². The number of rotatable bonds is 4. The Labute approximate surface area is 186 Å². The maximum Gasteiger partial charge on any atom is 0.497 e. The number of amides is 2. The Hall–Kier alpha value is -2.70. The summed E-state index contributed by atoms with van der Waals surface area (Å²) in [5, 5.41) is 19.6. The van der Waals surface area contributed by atoms with Gasteiger partial charge in [0.25, 0.3) is 0 Å².